The molecule has 3 nitrogen and oxygen atoms in total. The number of allylic oxidation sites excluding steroid dienone is 1. The summed E-state index contributed by atoms with van der Waals surface area (Å²) < 4.78 is 0.861. The first kappa shape index (κ1) is 13.8. The number of urea groups is 1. The van der Waals surface area contributed by atoms with Crippen molar-refractivity contribution in [3.05, 3.63) is 40.5 Å². The summed E-state index contributed by atoms with van der Waals surface area (Å²) in [5.74, 6) is 0.429. The number of halogens is 1. The van der Waals surface area contributed by atoms with Crippen molar-refractivity contribution in [3.63, 3.8) is 0 Å². The van der Waals surface area contributed by atoms with E-state index in [0.29, 0.717) is 5.92 Å². The quantitative estimate of drug-likeness (QED) is 0.865. The molecule has 92 valence electrons. The Balaban J connectivity index is 2.57. The zero-order valence-corrected chi connectivity index (χ0v) is 11.8. The monoisotopic (exact) mass is 296 g/mol. The van der Waals surface area contributed by atoms with Gasteiger partial charge >= 0.3 is 6.03 Å². The van der Waals surface area contributed by atoms with Gasteiger partial charge in [0, 0.05) is 10.7 Å². The number of benzene rings is 1. The Kier molecular flexibility index (Phi) is 5.22. The number of nitrogens with one attached hydrogen (secondary N) is 2. The molecule has 0 aromatic heterocycles. The second-order valence-electron chi connectivity index (χ2n) is 4.12. The maximum absolute atomic E-state index is 11.6. The fourth-order valence-corrected chi connectivity index (χ4v) is 1.45. The van der Waals surface area contributed by atoms with Gasteiger partial charge in [-0.25, -0.2) is 4.79 Å². The van der Waals surface area contributed by atoms with Crippen molar-refractivity contribution < 1.29 is 4.79 Å². The van der Waals surface area contributed by atoms with E-state index in [-0.39, 0.29) is 6.03 Å². The Hall–Kier alpha value is -1.29. The first-order valence-electron chi connectivity index (χ1n) is 5.49. The van der Waals surface area contributed by atoms with Crippen LogP contribution in [0.5, 0.6) is 0 Å². The van der Waals surface area contributed by atoms with Gasteiger partial charge in [0.1, 0.15) is 0 Å². The molecule has 0 heterocycles. The molecule has 0 saturated heterocycles. The van der Waals surface area contributed by atoms with Crippen molar-refractivity contribution in [1.82, 2.24) is 5.32 Å². The molecule has 0 radical (unpaired) electrons. The van der Waals surface area contributed by atoms with Crippen molar-refractivity contribution in [1.29, 1.82) is 0 Å². The second kappa shape index (κ2) is 6.45. The number of hydrogen-bond donors (Lipinski definition) is 2. The highest BCUT2D eigenvalue weighted by Crippen LogP contribution is 2.20. The van der Waals surface area contributed by atoms with Crippen LogP contribution in [0.1, 0.15) is 20.8 Å². The third kappa shape index (κ3) is 4.61. The van der Waals surface area contributed by atoms with Gasteiger partial charge in [0.05, 0.1) is 5.69 Å². The number of para-hydroxylation sites is 1. The molecule has 0 atom stereocenters. The normalized spacial score (nSPS) is 11.5. The van der Waals surface area contributed by atoms with E-state index < -0.39 is 0 Å². The molecule has 0 aliphatic heterocycles. The van der Waals surface area contributed by atoms with Gasteiger partial charge in [-0.2, -0.15) is 0 Å². The molecule has 1 aromatic rings. The molecule has 0 aliphatic rings. The van der Waals surface area contributed by atoms with Crippen LogP contribution in [-0.4, -0.2) is 6.03 Å². The Morgan fingerprint density at radius 2 is 2.00 bits per heavy atom. The largest absolute Gasteiger partial charge is 0.323 e. The predicted octanol–water partition coefficient (Wildman–Crippen LogP) is 4.13. The molecule has 1 rings (SSSR count). The highest BCUT2D eigenvalue weighted by Gasteiger charge is 2.03. The lowest BCUT2D eigenvalue weighted by Gasteiger charge is -2.08. The standard InChI is InChI=1S/C13H17BrN2O/c1-9(2)10(3)8-15-13(17)16-12-7-5-4-6-11(12)14/h4-9H,1-3H3,(H2,15,16,17)/b10-8+. The molecule has 0 aliphatic carbocycles. The molecule has 0 unspecified atom stereocenters. The van der Waals surface area contributed by atoms with Gasteiger partial charge in [0.15, 0.2) is 0 Å². The number of anilines is 1. The van der Waals surface area contributed by atoms with Crippen LogP contribution in [0.2, 0.25) is 0 Å². The van der Waals surface area contributed by atoms with Crippen molar-refractivity contribution in [2.75, 3.05) is 5.32 Å². The SMILES string of the molecule is C/C(=C\NC(=O)Nc1ccccc1Br)C(C)C. The summed E-state index contributed by atoms with van der Waals surface area (Å²) in [6.07, 6.45) is 1.73. The van der Waals surface area contributed by atoms with Crippen molar-refractivity contribution in [2.24, 2.45) is 5.92 Å². The zero-order valence-electron chi connectivity index (χ0n) is 10.3. The van der Waals surface area contributed by atoms with Crippen LogP contribution >= 0.6 is 15.9 Å². The Bertz CT molecular complexity index is 427. The van der Waals surface area contributed by atoms with Crippen LogP contribution in [0, 0.1) is 5.92 Å². The number of hydrogen-bond acceptors (Lipinski definition) is 1. The van der Waals surface area contributed by atoms with E-state index >= 15 is 0 Å². The molecule has 0 spiro atoms. The van der Waals surface area contributed by atoms with Gasteiger partial charge in [-0.3, -0.25) is 0 Å². The summed E-state index contributed by atoms with van der Waals surface area (Å²) in [7, 11) is 0. The van der Waals surface area contributed by atoms with Crippen molar-refractivity contribution in [3.8, 4) is 0 Å². The molecule has 2 amide bonds. The van der Waals surface area contributed by atoms with E-state index in [0.717, 1.165) is 15.7 Å². The molecule has 2 N–H and O–H groups in total. The number of carbonyl (C=O) groups excluding carboxylic acids is 1. The van der Waals surface area contributed by atoms with E-state index in [9.17, 15) is 4.79 Å². The molecule has 0 bridgehead atoms. The molecule has 4 heteroatoms. The second-order valence-corrected chi connectivity index (χ2v) is 4.98. The summed E-state index contributed by atoms with van der Waals surface area (Å²) in [6.45, 7) is 6.15. The summed E-state index contributed by atoms with van der Waals surface area (Å²) >= 11 is 3.37. The van der Waals surface area contributed by atoms with Gasteiger partial charge in [0.2, 0.25) is 0 Å². The van der Waals surface area contributed by atoms with Crippen LogP contribution < -0.4 is 10.6 Å². The van der Waals surface area contributed by atoms with Crippen LogP contribution in [0.15, 0.2) is 40.5 Å². The van der Waals surface area contributed by atoms with E-state index in [1.165, 1.54) is 0 Å². The molecular formula is C13H17BrN2O. The highest BCUT2D eigenvalue weighted by atomic mass is 79.9. The van der Waals surface area contributed by atoms with Crippen LogP contribution in [0.25, 0.3) is 0 Å². The average molecular weight is 297 g/mol. The van der Waals surface area contributed by atoms with E-state index in [1.807, 2.05) is 31.2 Å². The number of amides is 2. The molecule has 1 aromatic carbocycles. The van der Waals surface area contributed by atoms with Crippen LogP contribution in [0.3, 0.4) is 0 Å². The summed E-state index contributed by atoms with van der Waals surface area (Å²) in [5, 5.41) is 5.47. The summed E-state index contributed by atoms with van der Waals surface area (Å²) in [6, 6.07) is 7.25. The third-order valence-electron chi connectivity index (χ3n) is 2.46. The lowest BCUT2D eigenvalue weighted by Crippen LogP contribution is -2.24. The minimum absolute atomic E-state index is 0.239. The van der Waals surface area contributed by atoms with E-state index in [2.05, 4.69) is 40.4 Å². The molecule has 0 fully saturated rings. The fraction of sp³-hybridized carbons (Fsp3) is 0.308. The maximum atomic E-state index is 11.6. The van der Waals surface area contributed by atoms with E-state index in [1.54, 1.807) is 6.20 Å². The number of rotatable bonds is 3. The summed E-state index contributed by atoms with van der Waals surface area (Å²) in [4.78, 5) is 11.6. The smallest absolute Gasteiger partial charge is 0.314 e. The minimum Gasteiger partial charge on any atom is -0.314 e. The average Bonchev–Trinajstić information content (AvgIpc) is 2.29. The highest BCUT2D eigenvalue weighted by molar-refractivity contribution is 9.10. The lowest BCUT2D eigenvalue weighted by molar-refractivity contribution is 0.255. The van der Waals surface area contributed by atoms with Crippen LogP contribution in [0.4, 0.5) is 10.5 Å². The fourth-order valence-electron chi connectivity index (χ4n) is 1.07. The van der Waals surface area contributed by atoms with Crippen molar-refractivity contribution in [2.45, 2.75) is 20.8 Å². The molecule has 0 saturated carbocycles. The Labute approximate surface area is 110 Å². The molecular weight excluding hydrogens is 280 g/mol. The van der Waals surface area contributed by atoms with E-state index in [4.69, 9.17) is 0 Å². The first-order valence-corrected chi connectivity index (χ1v) is 6.28. The van der Waals surface area contributed by atoms with Gasteiger partial charge < -0.3 is 10.6 Å². The van der Waals surface area contributed by atoms with Gasteiger partial charge in [-0.1, -0.05) is 31.6 Å². The topological polar surface area (TPSA) is 41.1 Å². The predicted molar refractivity (Wildman–Crippen MR) is 74.9 cm³/mol. The molecule has 17 heavy (non-hydrogen) atoms. The van der Waals surface area contributed by atoms with Crippen molar-refractivity contribution >= 4 is 27.6 Å². The zero-order chi connectivity index (χ0) is 12.8. The van der Waals surface area contributed by atoms with Gasteiger partial charge in [-0.05, 0) is 40.9 Å². The summed E-state index contributed by atoms with van der Waals surface area (Å²) in [5.41, 5.74) is 1.88. The Morgan fingerprint density at radius 3 is 2.59 bits per heavy atom. The van der Waals surface area contributed by atoms with Gasteiger partial charge in [-0.15, -0.1) is 0 Å². The minimum atomic E-state index is -0.239. The third-order valence-corrected chi connectivity index (χ3v) is 3.16. The van der Waals surface area contributed by atoms with Crippen LogP contribution in [-0.2, 0) is 0 Å². The lowest BCUT2D eigenvalue weighted by atomic mass is 10.1. The van der Waals surface area contributed by atoms with Gasteiger partial charge in [0.25, 0.3) is 0 Å². The Morgan fingerprint density at radius 1 is 1.35 bits per heavy atom. The number of carbonyl (C=O) groups is 1. The maximum Gasteiger partial charge on any atom is 0.323 e. The first-order chi connectivity index (χ1) is 8.00.